The minimum Gasteiger partial charge on any atom is -0.493 e. The van der Waals surface area contributed by atoms with Gasteiger partial charge in [0.05, 0.1) is 35.9 Å². The van der Waals surface area contributed by atoms with Crippen molar-refractivity contribution in [1.82, 2.24) is 4.90 Å². The van der Waals surface area contributed by atoms with Gasteiger partial charge in [-0.25, -0.2) is 16.8 Å². The fourth-order valence-corrected chi connectivity index (χ4v) is 8.81. The van der Waals surface area contributed by atoms with Crippen LogP contribution in [0.1, 0.15) is 19.8 Å². The van der Waals surface area contributed by atoms with Gasteiger partial charge in [0.15, 0.2) is 31.2 Å². The van der Waals surface area contributed by atoms with Crippen molar-refractivity contribution in [2.45, 2.75) is 36.0 Å². The third kappa shape index (κ3) is 4.09. The number of rotatable bonds is 5. The van der Waals surface area contributed by atoms with Crippen molar-refractivity contribution in [3.63, 3.8) is 0 Å². The molecule has 0 radical (unpaired) electrons. The Bertz CT molecular complexity index is 888. The average Bonchev–Trinajstić information content (AvgIpc) is 2.98. The second kappa shape index (κ2) is 7.60. The lowest BCUT2D eigenvalue weighted by Gasteiger charge is -2.36. The van der Waals surface area contributed by atoms with E-state index in [9.17, 15) is 16.8 Å². The molecular formula is C18H27NO6S2. The molecule has 27 heavy (non-hydrogen) atoms. The van der Waals surface area contributed by atoms with Crippen LogP contribution in [0.2, 0.25) is 0 Å². The molecule has 2 saturated heterocycles. The Kier molecular flexibility index (Phi) is 5.74. The SMILES string of the molecule is COc1ccc(S(=O)(=O)[C@H]2CS(=O)(=O)C[C@@H]2N2CCC(C)CC2)cc1OC. The van der Waals surface area contributed by atoms with E-state index in [0.717, 1.165) is 25.9 Å². The lowest BCUT2D eigenvalue weighted by atomic mass is 9.98. The zero-order chi connectivity index (χ0) is 19.8. The molecule has 152 valence electrons. The van der Waals surface area contributed by atoms with Crippen molar-refractivity contribution in [2.75, 3.05) is 38.8 Å². The third-order valence-electron chi connectivity index (χ3n) is 5.64. The molecule has 3 rings (SSSR count). The molecule has 0 saturated carbocycles. The molecule has 9 heteroatoms. The third-order valence-corrected chi connectivity index (χ3v) is 9.76. The van der Waals surface area contributed by atoms with E-state index in [1.54, 1.807) is 0 Å². The highest BCUT2D eigenvalue weighted by Crippen LogP contribution is 2.35. The minimum absolute atomic E-state index is 0.0672. The number of piperidine rings is 1. The van der Waals surface area contributed by atoms with Crippen molar-refractivity contribution >= 4 is 19.7 Å². The van der Waals surface area contributed by atoms with Crippen molar-refractivity contribution in [2.24, 2.45) is 5.92 Å². The molecule has 1 aromatic carbocycles. The van der Waals surface area contributed by atoms with Gasteiger partial charge in [0.2, 0.25) is 0 Å². The molecule has 0 unspecified atom stereocenters. The highest BCUT2D eigenvalue weighted by Gasteiger charge is 2.48. The molecule has 2 atom stereocenters. The van der Waals surface area contributed by atoms with Gasteiger partial charge in [-0.2, -0.15) is 0 Å². The summed E-state index contributed by atoms with van der Waals surface area (Å²) in [6.07, 6.45) is 1.92. The van der Waals surface area contributed by atoms with Gasteiger partial charge in [-0.1, -0.05) is 6.92 Å². The summed E-state index contributed by atoms with van der Waals surface area (Å²) in [4.78, 5) is 2.12. The maximum absolute atomic E-state index is 13.3. The Morgan fingerprint density at radius 2 is 1.67 bits per heavy atom. The van der Waals surface area contributed by atoms with E-state index in [-0.39, 0.29) is 16.4 Å². The predicted octanol–water partition coefficient (Wildman–Crippen LogP) is 1.37. The number of ether oxygens (including phenoxy) is 2. The number of likely N-dealkylation sites (tertiary alicyclic amines) is 1. The Morgan fingerprint density at radius 1 is 1.04 bits per heavy atom. The summed E-state index contributed by atoms with van der Waals surface area (Å²) in [6, 6.07) is 3.90. The van der Waals surface area contributed by atoms with Crippen LogP contribution in [0.15, 0.2) is 23.1 Å². The van der Waals surface area contributed by atoms with Gasteiger partial charge in [0.1, 0.15) is 0 Å². The molecule has 2 heterocycles. The van der Waals surface area contributed by atoms with Crippen molar-refractivity contribution in [1.29, 1.82) is 0 Å². The van der Waals surface area contributed by atoms with Crippen molar-refractivity contribution in [3.8, 4) is 11.5 Å². The van der Waals surface area contributed by atoms with E-state index >= 15 is 0 Å². The zero-order valence-electron chi connectivity index (χ0n) is 15.9. The molecule has 2 fully saturated rings. The van der Waals surface area contributed by atoms with Gasteiger partial charge in [-0.15, -0.1) is 0 Å². The van der Waals surface area contributed by atoms with Gasteiger partial charge in [0, 0.05) is 12.1 Å². The van der Waals surface area contributed by atoms with Gasteiger partial charge in [-0.05, 0) is 44.0 Å². The lowest BCUT2D eigenvalue weighted by molar-refractivity contribution is 0.151. The fraction of sp³-hybridized carbons (Fsp3) is 0.667. The van der Waals surface area contributed by atoms with E-state index in [2.05, 4.69) is 6.92 Å². The molecule has 2 aliphatic heterocycles. The second-order valence-corrected chi connectivity index (χ2v) is 11.8. The summed E-state index contributed by atoms with van der Waals surface area (Å²) in [5, 5.41) is -0.964. The number of nitrogens with zero attached hydrogens (tertiary/aromatic N) is 1. The Labute approximate surface area is 161 Å². The molecule has 0 N–H and O–H groups in total. The highest BCUT2D eigenvalue weighted by molar-refractivity contribution is 7.96. The van der Waals surface area contributed by atoms with Gasteiger partial charge < -0.3 is 9.47 Å². The zero-order valence-corrected chi connectivity index (χ0v) is 17.6. The minimum atomic E-state index is -3.84. The summed E-state index contributed by atoms with van der Waals surface area (Å²) in [7, 11) is -4.33. The molecule has 1 aromatic rings. The summed E-state index contributed by atoms with van der Waals surface area (Å²) in [5.74, 6) is 0.888. The molecule has 0 amide bonds. The molecule has 2 aliphatic rings. The van der Waals surface area contributed by atoms with E-state index in [0.29, 0.717) is 17.4 Å². The second-order valence-electron chi connectivity index (χ2n) is 7.46. The van der Waals surface area contributed by atoms with E-state index in [1.165, 1.54) is 32.4 Å². The monoisotopic (exact) mass is 417 g/mol. The summed E-state index contributed by atoms with van der Waals surface area (Å²) < 4.78 is 61.7. The van der Waals surface area contributed by atoms with Crippen LogP contribution in [-0.2, 0) is 19.7 Å². The van der Waals surface area contributed by atoms with E-state index in [4.69, 9.17) is 9.47 Å². The topological polar surface area (TPSA) is 90.0 Å². The quantitative estimate of drug-likeness (QED) is 0.715. The number of hydrogen-bond acceptors (Lipinski definition) is 7. The first-order valence-corrected chi connectivity index (χ1v) is 12.4. The fourth-order valence-electron chi connectivity index (χ4n) is 3.96. The van der Waals surface area contributed by atoms with Crippen LogP contribution in [0.5, 0.6) is 11.5 Å². The standard InChI is InChI=1S/C18H27NO6S2/c1-13-6-8-19(9-7-13)15-11-26(20,21)12-18(15)27(22,23)14-4-5-16(24-2)17(10-14)25-3/h4-5,10,13,15,18H,6-9,11-12H2,1-3H3/t15-,18-/m0/s1. The first kappa shape index (κ1) is 20.4. The summed E-state index contributed by atoms with van der Waals surface area (Å²) in [5.41, 5.74) is 0. The molecule has 0 aliphatic carbocycles. The summed E-state index contributed by atoms with van der Waals surface area (Å²) in [6.45, 7) is 3.64. The Hall–Kier alpha value is -1.32. The molecule has 7 nitrogen and oxygen atoms in total. The molecular weight excluding hydrogens is 390 g/mol. The van der Waals surface area contributed by atoms with E-state index in [1.807, 2.05) is 4.90 Å². The smallest absolute Gasteiger partial charge is 0.183 e. The lowest BCUT2D eigenvalue weighted by Crippen LogP contribution is -2.49. The average molecular weight is 418 g/mol. The first-order chi connectivity index (χ1) is 12.7. The van der Waals surface area contributed by atoms with Gasteiger partial charge >= 0.3 is 0 Å². The number of benzene rings is 1. The maximum atomic E-state index is 13.3. The molecule has 0 aromatic heterocycles. The Morgan fingerprint density at radius 3 is 2.26 bits per heavy atom. The van der Waals surface area contributed by atoms with Crippen LogP contribution in [0.3, 0.4) is 0 Å². The Balaban J connectivity index is 1.96. The molecule has 0 spiro atoms. The van der Waals surface area contributed by atoms with Crippen LogP contribution in [0.25, 0.3) is 0 Å². The molecule has 0 bridgehead atoms. The van der Waals surface area contributed by atoms with Crippen LogP contribution < -0.4 is 9.47 Å². The van der Waals surface area contributed by atoms with Crippen LogP contribution in [0.4, 0.5) is 0 Å². The first-order valence-electron chi connectivity index (χ1n) is 9.08. The maximum Gasteiger partial charge on any atom is 0.183 e. The van der Waals surface area contributed by atoms with Gasteiger partial charge in [-0.3, -0.25) is 4.90 Å². The van der Waals surface area contributed by atoms with Gasteiger partial charge in [0.25, 0.3) is 0 Å². The predicted molar refractivity (Wildman–Crippen MR) is 103 cm³/mol. The van der Waals surface area contributed by atoms with Crippen LogP contribution in [-0.4, -0.2) is 71.8 Å². The van der Waals surface area contributed by atoms with E-state index < -0.39 is 31.0 Å². The number of methoxy groups -OCH3 is 2. The van der Waals surface area contributed by atoms with Crippen LogP contribution >= 0.6 is 0 Å². The van der Waals surface area contributed by atoms with Crippen LogP contribution in [0, 0.1) is 5.92 Å². The van der Waals surface area contributed by atoms with Crippen molar-refractivity contribution in [3.05, 3.63) is 18.2 Å². The number of sulfone groups is 2. The van der Waals surface area contributed by atoms with Crippen molar-refractivity contribution < 1.29 is 26.3 Å². The summed E-state index contributed by atoms with van der Waals surface area (Å²) >= 11 is 0. The highest BCUT2D eigenvalue weighted by atomic mass is 32.2. The number of hydrogen-bond donors (Lipinski definition) is 0. The normalized spacial score (nSPS) is 26.8. The largest absolute Gasteiger partial charge is 0.493 e.